The number of pyridine rings is 2. The first kappa shape index (κ1) is 42.5. The van der Waals surface area contributed by atoms with Crippen LogP contribution in [0.15, 0.2) is 280 Å². The number of rotatable bonds is 10. The Morgan fingerprint density at radius 3 is 1.15 bits per heavy atom. The van der Waals surface area contributed by atoms with Gasteiger partial charge in [0.25, 0.3) is 0 Å². The Hall–Kier alpha value is -9.64. The predicted octanol–water partition coefficient (Wildman–Crippen LogP) is 18.7. The van der Waals surface area contributed by atoms with Gasteiger partial charge in [0, 0.05) is 69.4 Å². The lowest BCUT2D eigenvalue weighted by Crippen LogP contribution is -2.12. The number of aromatic nitrogens is 2. The van der Waals surface area contributed by atoms with E-state index in [0.717, 1.165) is 61.6 Å². The van der Waals surface area contributed by atoms with Gasteiger partial charge in [-0.15, -0.1) is 0 Å². The van der Waals surface area contributed by atoms with Crippen LogP contribution in [-0.4, -0.2) is 9.97 Å². The monoisotopic (exact) mass is 918 g/mol. The molecule has 0 bridgehead atoms. The van der Waals surface area contributed by atoms with Gasteiger partial charge >= 0.3 is 0 Å². The van der Waals surface area contributed by atoms with Crippen LogP contribution in [0, 0.1) is 0 Å². The van der Waals surface area contributed by atoms with Crippen LogP contribution in [0.3, 0.4) is 0 Å². The first-order valence-electron chi connectivity index (χ1n) is 24.4. The highest BCUT2D eigenvalue weighted by molar-refractivity contribution is 6.25. The molecule has 4 nitrogen and oxygen atoms in total. The quantitative estimate of drug-likeness (QED) is 0.128. The lowest BCUT2D eigenvalue weighted by molar-refractivity contribution is 1.26. The molecule has 0 N–H and O–H groups in total. The summed E-state index contributed by atoms with van der Waals surface area (Å²) in [7, 11) is 0. The van der Waals surface area contributed by atoms with Crippen molar-refractivity contribution in [2.75, 3.05) is 9.80 Å². The summed E-state index contributed by atoms with van der Waals surface area (Å²) < 4.78 is 0. The minimum absolute atomic E-state index is 1.05. The van der Waals surface area contributed by atoms with Gasteiger partial charge < -0.3 is 9.80 Å². The van der Waals surface area contributed by atoms with E-state index in [2.05, 4.69) is 275 Å². The first-order chi connectivity index (χ1) is 35.7. The summed E-state index contributed by atoms with van der Waals surface area (Å²) in [5.41, 5.74) is 15.9. The highest BCUT2D eigenvalue weighted by Crippen LogP contribution is 2.50. The molecule has 2 aromatic heterocycles. The van der Waals surface area contributed by atoms with E-state index >= 15 is 0 Å². The molecule has 0 saturated carbocycles. The van der Waals surface area contributed by atoms with Crippen molar-refractivity contribution in [3.05, 3.63) is 280 Å². The van der Waals surface area contributed by atoms with E-state index in [1.807, 2.05) is 24.8 Å². The Morgan fingerprint density at radius 1 is 0.250 bits per heavy atom. The Kier molecular flexibility index (Phi) is 10.8. The van der Waals surface area contributed by atoms with Crippen molar-refractivity contribution in [2.24, 2.45) is 0 Å². The van der Waals surface area contributed by atoms with E-state index in [-0.39, 0.29) is 0 Å². The molecule has 0 unspecified atom stereocenters. The Balaban J connectivity index is 1.02. The number of benzene rings is 11. The molecule has 13 aromatic rings. The number of hydrogen-bond acceptors (Lipinski definition) is 4. The Morgan fingerprint density at radius 2 is 0.639 bits per heavy atom. The molecule has 11 aromatic carbocycles. The van der Waals surface area contributed by atoms with Crippen molar-refractivity contribution in [2.45, 2.75) is 0 Å². The summed E-state index contributed by atoms with van der Waals surface area (Å²) in [6.07, 6.45) is 7.57. The van der Waals surface area contributed by atoms with Gasteiger partial charge in [0.15, 0.2) is 0 Å². The zero-order valence-corrected chi connectivity index (χ0v) is 39.3. The molecule has 0 aliphatic rings. The molecule has 0 saturated heterocycles. The predicted molar refractivity (Wildman–Crippen MR) is 303 cm³/mol. The fourth-order valence-corrected chi connectivity index (χ4v) is 10.5. The van der Waals surface area contributed by atoms with E-state index in [4.69, 9.17) is 0 Å². The molecule has 338 valence electrons. The molecule has 0 fully saturated rings. The average Bonchev–Trinajstić information content (AvgIpc) is 3.46. The molecule has 0 atom stereocenters. The van der Waals surface area contributed by atoms with Crippen LogP contribution in [-0.2, 0) is 0 Å². The molecule has 13 rings (SSSR count). The van der Waals surface area contributed by atoms with Gasteiger partial charge in [0.2, 0.25) is 0 Å². The fraction of sp³-hybridized carbons (Fsp3) is 0. The first-order valence-corrected chi connectivity index (χ1v) is 24.4. The summed E-state index contributed by atoms with van der Waals surface area (Å²) in [6.45, 7) is 0. The Bertz CT molecular complexity index is 4020. The molecular formula is C68H46N4. The van der Waals surface area contributed by atoms with E-state index in [1.54, 1.807) is 0 Å². The van der Waals surface area contributed by atoms with Gasteiger partial charge in [-0.05, 0) is 162 Å². The third-order valence-corrected chi connectivity index (χ3v) is 14.0. The maximum Gasteiger partial charge on any atom is 0.0546 e. The van der Waals surface area contributed by atoms with Crippen LogP contribution in [0.5, 0.6) is 0 Å². The number of para-hydroxylation sites is 3. The van der Waals surface area contributed by atoms with Gasteiger partial charge in [0.1, 0.15) is 0 Å². The molecule has 0 aliphatic heterocycles. The third kappa shape index (κ3) is 7.78. The van der Waals surface area contributed by atoms with Crippen molar-refractivity contribution < 1.29 is 0 Å². The minimum atomic E-state index is 1.05. The van der Waals surface area contributed by atoms with Crippen LogP contribution < -0.4 is 9.80 Å². The maximum absolute atomic E-state index is 4.35. The molecule has 2 heterocycles. The zero-order valence-electron chi connectivity index (χ0n) is 39.3. The van der Waals surface area contributed by atoms with Crippen LogP contribution in [0.2, 0.25) is 0 Å². The number of anilines is 6. The lowest BCUT2D eigenvalue weighted by atomic mass is 9.84. The van der Waals surface area contributed by atoms with Gasteiger partial charge in [-0.3, -0.25) is 9.97 Å². The van der Waals surface area contributed by atoms with Crippen LogP contribution >= 0.6 is 0 Å². The average molecular weight is 919 g/mol. The molecule has 0 amide bonds. The number of hydrogen-bond donors (Lipinski definition) is 0. The second kappa shape index (κ2) is 18.4. The van der Waals surface area contributed by atoms with Gasteiger partial charge in [0.05, 0.1) is 5.69 Å². The third-order valence-electron chi connectivity index (χ3n) is 14.0. The topological polar surface area (TPSA) is 32.3 Å². The van der Waals surface area contributed by atoms with E-state index in [9.17, 15) is 0 Å². The lowest BCUT2D eigenvalue weighted by Gasteiger charge is -2.30. The summed E-state index contributed by atoms with van der Waals surface area (Å²) in [4.78, 5) is 13.4. The minimum Gasteiger partial charge on any atom is -0.311 e. The van der Waals surface area contributed by atoms with Crippen LogP contribution in [0.1, 0.15) is 0 Å². The Labute approximate surface area is 419 Å². The molecule has 72 heavy (non-hydrogen) atoms. The molecular weight excluding hydrogens is 873 g/mol. The van der Waals surface area contributed by atoms with Crippen molar-refractivity contribution in [1.82, 2.24) is 9.97 Å². The molecule has 0 aliphatic carbocycles. The van der Waals surface area contributed by atoms with E-state index in [0.29, 0.717) is 0 Å². The van der Waals surface area contributed by atoms with Gasteiger partial charge in [-0.2, -0.15) is 0 Å². The van der Waals surface area contributed by atoms with Gasteiger partial charge in [-0.1, -0.05) is 164 Å². The highest BCUT2D eigenvalue weighted by Gasteiger charge is 2.24. The number of nitrogens with zero attached hydrogens (tertiary/aromatic N) is 4. The van der Waals surface area contributed by atoms with Crippen LogP contribution in [0.4, 0.5) is 34.1 Å². The van der Waals surface area contributed by atoms with Crippen molar-refractivity contribution in [1.29, 1.82) is 0 Å². The molecule has 4 heteroatoms. The molecule has 0 spiro atoms. The summed E-state index contributed by atoms with van der Waals surface area (Å²) in [6, 6.07) is 92.4. The summed E-state index contributed by atoms with van der Waals surface area (Å²) in [5.74, 6) is 0. The van der Waals surface area contributed by atoms with Crippen molar-refractivity contribution >= 4 is 77.2 Å². The van der Waals surface area contributed by atoms with E-state index < -0.39 is 0 Å². The SMILES string of the molecule is c1ccc(N(c2ccccc2)c2ccc(N(c3ccccc3)c3cccc4c(-c5ccc(-c6ccc7cnccc7c6)cc5)c5ccccc5c(-c5ccc(-c6ccc7cnccc7c6)cc5)c34)cc2)cc1. The molecule has 0 radical (unpaired) electrons. The number of fused-ring (bicyclic) bond motifs is 4. The normalized spacial score (nSPS) is 11.3. The summed E-state index contributed by atoms with van der Waals surface area (Å²) in [5, 5.41) is 9.36. The van der Waals surface area contributed by atoms with Gasteiger partial charge in [-0.25, -0.2) is 0 Å². The maximum atomic E-state index is 4.35. The highest BCUT2D eigenvalue weighted by atomic mass is 15.2. The van der Waals surface area contributed by atoms with Crippen molar-refractivity contribution in [3.63, 3.8) is 0 Å². The second-order valence-corrected chi connectivity index (χ2v) is 18.2. The second-order valence-electron chi connectivity index (χ2n) is 18.2. The van der Waals surface area contributed by atoms with Crippen molar-refractivity contribution in [3.8, 4) is 44.5 Å². The largest absolute Gasteiger partial charge is 0.311 e. The standard InChI is InChI=1S/C68H46N4/c1-4-13-57(14-5-1)71(58-15-6-2-7-16-58)60-35-37-61(38-36-60)72(59-17-8-3-9-18-59)65-22-12-21-64-66(49-27-23-47(24-28-49)51-31-33-55-45-69-41-39-53(55)43-51)62-19-10-11-20-63(62)67(68(64)65)50-29-25-48(26-30-50)52-32-34-56-46-70-42-40-54(56)44-52/h1-46H. The summed E-state index contributed by atoms with van der Waals surface area (Å²) >= 11 is 0. The zero-order chi connectivity index (χ0) is 47.8. The smallest absolute Gasteiger partial charge is 0.0546 e. The van der Waals surface area contributed by atoms with Crippen LogP contribution in [0.25, 0.3) is 87.6 Å². The fourth-order valence-electron chi connectivity index (χ4n) is 10.5. The van der Waals surface area contributed by atoms with E-state index in [1.165, 1.54) is 60.1 Å².